The molecule has 0 aliphatic rings. The number of aliphatic hydroxyl groups is 1. The highest BCUT2D eigenvalue weighted by Gasteiger charge is 2.31. The summed E-state index contributed by atoms with van der Waals surface area (Å²) in [6.45, 7) is 9.64. The maximum Gasteiger partial charge on any atom is 0.141 e. The molecule has 0 amide bonds. The van der Waals surface area contributed by atoms with Crippen LogP contribution in [0.25, 0.3) is 0 Å². The van der Waals surface area contributed by atoms with Crippen molar-refractivity contribution in [3.05, 3.63) is 0 Å². The highest BCUT2D eigenvalue weighted by molar-refractivity contribution is 5.83. The molecule has 0 saturated heterocycles. The molecule has 1 atom stereocenters. The zero-order valence-corrected chi connectivity index (χ0v) is 8.72. The molecule has 0 aromatic rings. The number of hydrogen-bond acceptors (Lipinski definition) is 2. The van der Waals surface area contributed by atoms with E-state index in [1.165, 1.54) is 0 Å². The van der Waals surface area contributed by atoms with E-state index >= 15 is 0 Å². The number of hydrogen-bond donors (Lipinski definition) is 1. The van der Waals surface area contributed by atoms with Crippen molar-refractivity contribution in [2.75, 3.05) is 6.61 Å². The highest BCUT2D eigenvalue weighted by atomic mass is 16.3. The van der Waals surface area contributed by atoms with Crippen molar-refractivity contribution in [1.29, 1.82) is 0 Å². The minimum absolute atomic E-state index is 0.0152. The first-order valence-electron chi connectivity index (χ1n) is 4.45. The fraction of sp³-hybridized carbons (Fsp3) is 0.900. The lowest BCUT2D eigenvalue weighted by atomic mass is 9.76. The smallest absolute Gasteiger partial charge is 0.141 e. The van der Waals surface area contributed by atoms with Crippen molar-refractivity contribution in [3.63, 3.8) is 0 Å². The van der Waals surface area contributed by atoms with Gasteiger partial charge in [-0.1, -0.05) is 34.6 Å². The average Bonchev–Trinajstić information content (AvgIpc) is 1.85. The lowest BCUT2D eigenvalue weighted by Gasteiger charge is -2.28. The molecular formula is C10H20O2. The maximum atomic E-state index is 11.6. The van der Waals surface area contributed by atoms with Crippen LogP contribution in [0.3, 0.4) is 0 Å². The van der Waals surface area contributed by atoms with Crippen LogP contribution in [0.5, 0.6) is 0 Å². The fourth-order valence-electron chi connectivity index (χ4n) is 1.19. The molecule has 0 aromatic heterocycles. The molecule has 72 valence electrons. The number of carbonyl (C=O) groups is 1. The standard InChI is InChI=1S/C10H20O2/c1-7(2)9(12)8(6-11)10(3,4)5/h7-8,11H,6H2,1-5H3/t8-/m1/s1. The van der Waals surface area contributed by atoms with Gasteiger partial charge in [0.15, 0.2) is 0 Å². The van der Waals surface area contributed by atoms with Crippen LogP contribution in [0.15, 0.2) is 0 Å². The molecule has 12 heavy (non-hydrogen) atoms. The molecule has 0 saturated carbocycles. The monoisotopic (exact) mass is 172 g/mol. The molecule has 0 bridgehead atoms. The van der Waals surface area contributed by atoms with Gasteiger partial charge in [0.25, 0.3) is 0 Å². The summed E-state index contributed by atoms with van der Waals surface area (Å²) in [7, 11) is 0. The molecule has 2 nitrogen and oxygen atoms in total. The van der Waals surface area contributed by atoms with E-state index in [4.69, 9.17) is 5.11 Å². The molecule has 0 spiro atoms. The number of ketones is 1. The van der Waals surface area contributed by atoms with Crippen LogP contribution in [-0.4, -0.2) is 17.5 Å². The van der Waals surface area contributed by atoms with Gasteiger partial charge < -0.3 is 5.11 Å². The van der Waals surface area contributed by atoms with Crippen molar-refractivity contribution in [2.24, 2.45) is 17.3 Å². The summed E-state index contributed by atoms with van der Waals surface area (Å²) >= 11 is 0. The predicted molar refractivity (Wildman–Crippen MR) is 49.9 cm³/mol. The van der Waals surface area contributed by atoms with E-state index in [-0.39, 0.29) is 29.6 Å². The van der Waals surface area contributed by atoms with Crippen LogP contribution in [0.2, 0.25) is 0 Å². The molecule has 2 heteroatoms. The predicted octanol–water partition coefficient (Wildman–Crippen LogP) is 1.87. The second-order valence-electron chi connectivity index (χ2n) is 4.66. The topological polar surface area (TPSA) is 37.3 Å². The van der Waals surface area contributed by atoms with E-state index in [0.29, 0.717) is 0 Å². The third-order valence-corrected chi connectivity index (χ3v) is 2.14. The van der Waals surface area contributed by atoms with Gasteiger partial charge in [-0.2, -0.15) is 0 Å². The average molecular weight is 172 g/mol. The zero-order chi connectivity index (χ0) is 9.94. The van der Waals surface area contributed by atoms with E-state index in [1.54, 1.807) is 0 Å². The van der Waals surface area contributed by atoms with Gasteiger partial charge >= 0.3 is 0 Å². The van der Waals surface area contributed by atoms with Gasteiger partial charge in [0, 0.05) is 11.8 Å². The Kier molecular flexibility index (Phi) is 3.91. The van der Waals surface area contributed by atoms with Crippen LogP contribution in [0, 0.1) is 17.3 Å². The third-order valence-electron chi connectivity index (χ3n) is 2.14. The molecule has 0 fully saturated rings. The quantitative estimate of drug-likeness (QED) is 0.705. The normalized spacial score (nSPS) is 14.9. The Morgan fingerprint density at radius 3 is 1.83 bits per heavy atom. The maximum absolute atomic E-state index is 11.6. The third kappa shape index (κ3) is 2.94. The second-order valence-corrected chi connectivity index (χ2v) is 4.66. The second kappa shape index (κ2) is 4.04. The molecule has 0 heterocycles. The first kappa shape index (κ1) is 11.6. The van der Waals surface area contributed by atoms with Crippen molar-refractivity contribution in [3.8, 4) is 0 Å². The summed E-state index contributed by atoms with van der Waals surface area (Å²) in [5.74, 6) is -0.0520. The first-order chi connectivity index (χ1) is 5.30. The Bertz CT molecular complexity index is 154. The van der Waals surface area contributed by atoms with Crippen molar-refractivity contribution in [2.45, 2.75) is 34.6 Å². The van der Waals surface area contributed by atoms with Crippen LogP contribution in [-0.2, 0) is 4.79 Å². The molecule has 0 unspecified atom stereocenters. The minimum Gasteiger partial charge on any atom is -0.396 e. The van der Waals surface area contributed by atoms with Crippen molar-refractivity contribution in [1.82, 2.24) is 0 Å². The van der Waals surface area contributed by atoms with Gasteiger partial charge in [0.1, 0.15) is 5.78 Å². The highest BCUT2D eigenvalue weighted by Crippen LogP contribution is 2.28. The molecule has 0 aromatic carbocycles. The number of rotatable bonds is 3. The molecule has 1 N–H and O–H groups in total. The lowest BCUT2D eigenvalue weighted by Crippen LogP contribution is -2.34. The van der Waals surface area contributed by atoms with E-state index in [1.807, 2.05) is 34.6 Å². The van der Waals surface area contributed by atoms with Crippen molar-refractivity contribution >= 4 is 5.78 Å². The Balaban J connectivity index is 4.47. The molecule has 0 radical (unpaired) electrons. The number of carbonyl (C=O) groups excluding carboxylic acids is 1. The van der Waals surface area contributed by atoms with Gasteiger partial charge in [-0.25, -0.2) is 0 Å². The SMILES string of the molecule is CC(C)C(=O)[C@@H](CO)C(C)(C)C. The summed E-state index contributed by atoms with van der Waals surface area (Å²) in [4.78, 5) is 11.6. The molecule has 0 aliphatic heterocycles. The Morgan fingerprint density at radius 2 is 1.75 bits per heavy atom. The molecule has 0 rings (SSSR count). The Morgan fingerprint density at radius 1 is 1.33 bits per heavy atom. The van der Waals surface area contributed by atoms with E-state index in [2.05, 4.69) is 0 Å². The number of aliphatic hydroxyl groups excluding tert-OH is 1. The van der Waals surface area contributed by atoms with Gasteiger partial charge in [-0.05, 0) is 5.41 Å². The Hall–Kier alpha value is -0.370. The van der Waals surface area contributed by atoms with Crippen LogP contribution in [0.4, 0.5) is 0 Å². The zero-order valence-electron chi connectivity index (χ0n) is 8.72. The van der Waals surface area contributed by atoms with Crippen LogP contribution >= 0.6 is 0 Å². The summed E-state index contributed by atoms with van der Waals surface area (Å²) < 4.78 is 0. The molecular weight excluding hydrogens is 152 g/mol. The lowest BCUT2D eigenvalue weighted by molar-refractivity contribution is -0.130. The fourth-order valence-corrected chi connectivity index (χ4v) is 1.19. The van der Waals surface area contributed by atoms with E-state index in [0.717, 1.165) is 0 Å². The van der Waals surface area contributed by atoms with E-state index in [9.17, 15) is 4.79 Å². The first-order valence-corrected chi connectivity index (χ1v) is 4.45. The number of Topliss-reactive ketones (excluding diaryl/α,β-unsaturated/α-hetero) is 1. The molecule has 0 aliphatic carbocycles. The van der Waals surface area contributed by atoms with Crippen molar-refractivity contribution < 1.29 is 9.90 Å². The summed E-state index contributed by atoms with van der Waals surface area (Å²) in [6.07, 6.45) is 0. The van der Waals surface area contributed by atoms with Gasteiger partial charge in [-0.15, -0.1) is 0 Å². The van der Waals surface area contributed by atoms with E-state index < -0.39 is 0 Å². The van der Waals surface area contributed by atoms with Gasteiger partial charge in [-0.3, -0.25) is 4.79 Å². The Labute approximate surface area is 75.0 Å². The largest absolute Gasteiger partial charge is 0.396 e. The summed E-state index contributed by atoms with van der Waals surface area (Å²) in [6, 6.07) is 0. The van der Waals surface area contributed by atoms with Gasteiger partial charge in [0.2, 0.25) is 0 Å². The van der Waals surface area contributed by atoms with Gasteiger partial charge in [0.05, 0.1) is 6.61 Å². The summed E-state index contributed by atoms with van der Waals surface area (Å²) in [5.41, 5.74) is -0.129. The summed E-state index contributed by atoms with van der Waals surface area (Å²) in [5, 5.41) is 9.06. The van der Waals surface area contributed by atoms with Crippen LogP contribution in [0.1, 0.15) is 34.6 Å². The minimum atomic E-state index is -0.225. The van der Waals surface area contributed by atoms with Crippen LogP contribution < -0.4 is 0 Å².